The highest BCUT2D eigenvalue weighted by atomic mass is 35.5. The van der Waals surface area contributed by atoms with Crippen LogP contribution in [0.2, 0.25) is 10.0 Å². The van der Waals surface area contributed by atoms with Crippen LogP contribution in [-0.2, 0) is 11.2 Å². The molecule has 2 aliphatic rings. The lowest BCUT2D eigenvalue weighted by atomic mass is 9.95. The van der Waals surface area contributed by atoms with Crippen molar-refractivity contribution >= 4 is 40.5 Å². The molecule has 1 N–H and O–H groups in total. The molecule has 2 aromatic carbocycles. The summed E-state index contributed by atoms with van der Waals surface area (Å²) < 4.78 is 64.1. The maximum atomic E-state index is 12.3. The minimum absolute atomic E-state index is 0.0329. The van der Waals surface area contributed by atoms with Gasteiger partial charge in [-0.25, -0.2) is 0 Å². The van der Waals surface area contributed by atoms with Crippen molar-refractivity contribution in [3.8, 4) is 5.75 Å². The van der Waals surface area contributed by atoms with Crippen molar-refractivity contribution in [1.29, 1.82) is 0 Å². The minimum Gasteiger partial charge on any atom is -0.494 e. The molecule has 1 unspecified atom stereocenters. The Morgan fingerprint density at radius 1 is 1.29 bits per heavy atom. The van der Waals surface area contributed by atoms with E-state index in [9.17, 15) is 4.79 Å². The minimum atomic E-state index is -2.40. The molecule has 2 heterocycles. The normalized spacial score (nSPS) is 26.9. The van der Waals surface area contributed by atoms with Crippen molar-refractivity contribution in [3.05, 3.63) is 52.0 Å². The van der Waals surface area contributed by atoms with E-state index in [4.69, 9.17) is 37.5 Å². The molecule has 0 saturated carbocycles. The lowest BCUT2D eigenvalue weighted by Gasteiger charge is -2.36. The molecule has 0 spiro atoms. The Bertz CT molecular complexity index is 1240. The lowest BCUT2D eigenvalue weighted by molar-refractivity contribution is -0.119. The molecule has 1 amide bonds. The predicted molar refractivity (Wildman–Crippen MR) is 128 cm³/mol. The third-order valence-electron chi connectivity index (χ3n) is 5.21. The highest BCUT2D eigenvalue weighted by Gasteiger charge is 2.22. The summed E-state index contributed by atoms with van der Waals surface area (Å²) in [6.07, 6.45) is -1.93. The molecule has 166 valence electrons. The molecule has 2 aromatic rings. The highest BCUT2D eigenvalue weighted by Crippen LogP contribution is 2.33. The number of hydrogen-bond donors (Lipinski definition) is 1. The Hall–Kier alpha value is -1.95. The molecule has 0 radical (unpaired) electrons. The van der Waals surface area contributed by atoms with Crippen LogP contribution >= 0.6 is 23.2 Å². The van der Waals surface area contributed by atoms with E-state index in [1.807, 2.05) is 12.1 Å². The van der Waals surface area contributed by atoms with Crippen molar-refractivity contribution in [1.82, 2.24) is 4.90 Å². The van der Waals surface area contributed by atoms with Gasteiger partial charge in [-0.15, -0.1) is 0 Å². The SMILES string of the molecule is [2H]c1cc2c(c([2H])c1OCCCC([2H])([2H])N1CCN(c3cccc(Cl)c3Cl)CC1)NC(=O)C([2H])(C)C2([2H])[2H]. The van der Waals surface area contributed by atoms with Crippen LogP contribution in [0.4, 0.5) is 11.4 Å². The average Bonchev–Trinajstić information content (AvgIpc) is 2.85. The molecule has 1 fully saturated rings. The standard InChI is InChI=1S/C24H29Cl2N3O2/c1-17-15-18-7-8-19(16-21(18)27-24(17)30)31-14-3-2-9-28-10-12-29(13-11-28)22-6-4-5-20(25)23(22)26/h4-8,16-17H,2-3,9-15H2,1H3,(H,27,30)/i8D,9D2,15D2,16D,17D. The van der Waals surface area contributed by atoms with Gasteiger partial charge in [-0.2, -0.15) is 0 Å². The number of carbonyl (C=O) groups excluding carboxylic acids is 1. The summed E-state index contributed by atoms with van der Waals surface area (Å²) in [7, 11) is 0. The Morgan fingerprint density at radius 3 is 2.90 bits per heavy atom. The molecule has 2 aliphatic heterocycles. The van der Waals surface area contributed by atoms with Gasteiger partial charge in [-0.05, 0) is 49.5 Å². The fraction of sp³-hybridized carbons (Fsp3) is 0.458. The largest absolute Gasteiger partial charge is 0.494 e. The number of rotatable bonds is 7. The van der Waals surface area contributed by atoms with Gasteiger partial charge in [-0.1, -0.05) is 42.3 Å². The van der Waals surface area contributed by atoms with Crippen LogP contribution in [0.15, 0.2) is 36.4 Å². The Morgan fingerprint density at radius 2 is 2.10 bits per heavy atom. The van der Waals surface area contributed by atoms with E-state index in [1.165, 1.54) is 6.07 Å². The highest BCUT2D eigenvalue weighted by molar-refractivity contribution is 6.43. The number of hydrogen-bond acceptors (Lipinski definition) is 4. The monoisotopic (exact) mass is 468 g/mol. The van der Waals surface area contributed by atoms with Crippen molar-refractivity contribution in [2.24, 2.45) is 5.89 Å². The number of ether oxygens (including phenoxy) is 1. The number of amides is 1. The predicted octanol–water partition coefficient (Wildman–Crippen LogP) is 5.11. The number of carbonyl (C=O) groups is 1. The smallest absolute Gasteiger partial charge is 0.227 e. The number of benzene rings is 2. The zero-order valence-corrected chi connectivity index (χ0v) is 18.7. The van der Waals surface area contributed by atoms with Crippen molar-refractivity contribution in [2.45, 2.75) is 26.1 Å². The summed E-state index contributed by atoms with van der Waals surface area (Å²) in [6, 6.07) is 6.06. The Labute approximate surface area is 204 Å². The summed E-state index contributed by atoms with van der Waals surface area (Å²) >= 11 is 12.5. The summed E-state index contributed by atoms with van der Waals surface area (Å²) in [5.41, 5.74) is 0.613. The fourth-order valence-electron chi connectivity index (χ4n) is 3.49. The van der Waals surface area contributed by atoms with Crippen LogP contribution in [0.25, 0.3) is 0 Å². The number of halogens is 2. The molecule has 0 aliphatic carbocycles. The van der Waals surface area contributed by atoms with E-state index in [1.54, 1.807) is 11.0 Å². The number of nitrogens with one attached hydrogen (secondary N) is 1. The first-order valence-corrected chi connectivity index (χ1v) is 11.0. The topological polar surface area (TPSA) is 44.8 Å². The van der Waals surface area contributed by atoms with Gasteiger partial charge in [-0.3, -0.25) is 9.69 Å². The third-order valence-corrected chi connectivity index (χ3v) is 6.02. The maximum Gasteiger partial charge on any atom is 0.227 e. The first-order chi connectivity index (χ1) is 17.7. The number of nitrogens with zero attached hydrogens (tertiary/aromatic N) is 2. The average molecular weight is 469 g/mol. The van der Waals surface area contributed by atoms with Gasteiger partial charge in [0, 0.05) is 50.7 Å². The van der Waals surface area contributed by atoms with Crippen LogP contribution in [0.5, 0.6) is 5.75 Å². The fourth-order valence-corrected chi connectivity index (χ4v) is 3.91. The van der Waals surface area contributed by atoms with Gasteiger partial charge < -0.3 is 15.0 Å². The van der Waals surface area contributed by atoms with Gasteiger partial charge in [0.2, 0.25) is 5.91 Å². The molecule has 1 atom stereocenters. The first kappa shape index (κ1) is 15.0. The van der Waals surface area contributed by atoms with Gasteiger partial charge in [0.15, 0.2) is 0 Å². The van der Waals surface area contributed by atoms with Crippen molar-refractivity contribution in [2.75, 3.05) is 49.5 Å². The van der Waals surface area contributed by atoms with Crippen LogP contribution in [0.3, 0.4) is 0 Å². The van der Waals surface area contributed by atoms with Gasteiger partial charge in [0.05, 0.1) is 25.1 Å². The van der Waals surface area contributed by atoms with E-state index < -0.39 is 24.7 Å². The van der Waals surface area contributed by atoms with Crippen molar-refractivity contribution < 1.29 is 19.1 Å². The molecular weight excluding hydrogens is 433 g/mol. The van der Waals surface area contributed by atoms with Gasteiger partial charge >= 0.3 is 0 Å². The zero-order valence-electron chi connectivity index (χ0n) is 24.2. The van der Waals surface area contributed by atoms with Crippen LogP contribution < -0.4 is 15.0 Å². The molecule has 31 heavy (non-hydrogen) atoms. The number of anilines is 2. The maximum absolute atomic E-state index is 12.3. The summed E-state index contributed by atoms with van der Waals surface area (Å²) in [6.45, 7) is 1.75. The summed E-state index contributed by atoms with van der Waals surface area (Å²) in [5.74, 6) is -3.11. The second-order valence-electron chi connectivity index (χ2n) is 7.39. The van der Waals surface area contributed by atoms with E-state index >= 15 is 0 Å². The van der Waals surface area contributed by atoms with Gasteiger partial charge in [0.25, 0.3) is 0 Å². The van der Waals surface area contributed by atoms with E-state index in [0.29, 0.717) is 42.6 Å². The molecular formula is C24H29Cl2N3O2. The Balaban J connectivity index is 1.35. The molecule has 4 rings (SSSR count). The molecule has 0 bridgehead atoms. The number of fused-ring (bicyclic) bond motifs is 1. The molecule has 7 heteroatoms. The molecule has 1 saturated heterocycles. The lowest BCUT2D eigenvalue weighted by Crippen LogP contribution is -2.46. The summed E-state index contributed by atoms with van der Waals surface area (Å²) in [5, 5.41) is 3.38. The summed E-state index contributed by atoms with van der Waals surface area (Å²) in [4.78, 5) is 16.2. The number of piperazine rings is 1. The van der Waals surface area contributed by atoms with E-state index in [-0.39, 0.29) is 42.1 Å². The quantitative estimate of drug-likeness (QED) is 0.573. The molecule has 0 aromatic heterocycles. The van der Waals surface area contributed by atoms with Crippen LogP contribution in [-0.4, -0.2) is 50.1 Å². The second kappa shape index (κ2) is 10.1. The second-order valence-corrected chi connectivity index (χ2v) is 8.18. The van der Waals surface area contributed by atoms with E-state index in [0.717, 1.165) is 12.6 Å². The first-order valence-electron chi connectivity index (χ1n) is 13.7. The van der Waals surface area contributed by atoms with Crippen LogP contribution in [0.1, 0.15) is 34.9 Å². The van der Waals surface area contributed by atoms with Crippen molar-refractivity contribution in [3.63, 3.8) is 0 Å². The molecule has 5 nitrogen and oxygen atoms in total. The van der Waals surface area contributed by atoms with E-state index in [2.05, 4.69) is 10.2 Å². The third kappa shape index (κ3) is 5.46. The Kier molecular flexibility index (Phi) is 4.89. The van der Waals surface area contributed by atoms with Gasteiger partial charge in [0.1, 0.15) is 5.75 Å². The van der Waals surface area contributed by atoms with Crippen LogP contribution in [0, 0.1) is 5.89 Å². The zero-order chi connectivity index (χ0) is 28.0.